The average molecular weight is 232 g/mol. The van der Waals surface area contributed by atoms with Crippen molar-refractivity contribution in [2.24, 2.45) is 0 Å². The molecule has 0 spiro atoms. The van der Waals surface area contributed by atoms with E-state index in [9.17, 15) is 0 Å². The van der Waals surface area contributed by atoms with E-state index >= 15 is 0 Å². The maximum absolute atomic E-state index is 5.29. The van der Waals surface area contributed by atoms with Crippen LogP contribution in [0, 0.1) is 0 Å². The molecule has 17 heavy (non-hydrogen) atoms. The van der Waals surface area contributed by atoms with E-state index in [1.165, 1.54) is 0 Å². The Kier molecular flexibility index (Phi) is 2.83. The Labute approximate surface area is 100 Å². The zero-order chi connectivity index (χ0) is 12.5. The largest absolute Gasteiger partial charge is 0.494 e. The van der Waals surface area contributed by atoms with Gasteiger partial charge < -0.3 is 9.30 Å². The molecule has 0 amide bonds. The van der Waals surface area contributed by atoms with Gasteiger partial charge in [-0.3, -0.25) is 4.98 Å². The third-order valence-electron chi connectivity index (χ3n) is 2.52. The normalized spacial score (nSPS) is 11.5. The first kappa shape index (κ1) is 11.6. The summed E-state index contributed by atoms with van der Waals surface area (Å²) in [6, 6.07) is 1.88. The van der Waals surface area contributed by atoms with Crippen LogP contribution in [0.2, 0.25) is 0 Å². The molecule has 5 heteroatoms. The van der Waals surface area contributed by atoms with Gasteiger partial charge in [-0.25, -0.2) is 0 Å². The van der Waals surface area contributed by atoms with Crippen LogP contribution in [0.25, 0.3) is 11.4 Å². The zero-order valence-electron chi connectivity index (χ0n) is 10.5. The fraction of sp³-hybridized carbons (Fsp3) is 0.417. The molecule has 0 aliphatic carbocycles. The molecule has 0 aromatic carbocycles. The van der Waals surface area contributed by atoms with E-state index in [4.69, 9.17) is 4.74 Å². The molecule has 0 aliphatic rings. The van der Waals surface area contributed by atoms with Gasteiger partial charge in [0.05, 0.1) is 18.9 Å². The van der Waals surface area contributed by atoms with Gasteiger partial charge in [0.15, 0.2) is 5.82 Å². The standard InChI is InChI=1S/C12H16N4O/c1-12(2,3)16-8-14-15-11(16)9-5-6-13-7-10(9)17-4/h5-8H,1-4H3. The number of pyridine rings is 1. The van der Waals surface area contributed by atoms with Crippen molar-refractivity contribution in [2.75, 3.05) is 7.11 Å². The summed E-state index contributed by atoms with van der Waals surface area (Å²) < 4.78 is 7.31. The van der Waals surface area contributed by atoms with Crippen molar-refractivity contribution in [1.29, 1.82) is 0 Å². The summed E-state index contributed by atoms with van der Waals surface area (Å²) in [6.07, 6.45) is 5.13. The average Bonchev–Trinajstić information content (AvgIpc) is 2.77. The van der Waals surface area contributed by atoms with Gasteiger partial charge in [-0.1, -0.05) is 0 Å². The van der Waals surface area contributed by atoms with Crippen molar-refractivity contribution >= 4 is 0 Å². The minimum Gasteiger partial charge on any atom is -0.494 e. The molecule has 0 saturated heterocycles. The highest BCUT2D eigenvalue weighted by Gasteiger charge is 2.20. The van der Waals surface area contributed by atoms with Gasteiger partial charge in [-0.15, -0.1) is 10.2 Å². The molecule has 0 N–H and O–H groups in total. The first-order valence-electron chi connectivity index (χ1n) is 5.43. The van der Waals surface area contributed by atoms with Gasteiger partial charge in [-0.2, -0.15) is 0 Å². The highest BCUT2D eigenvalue weighted by molar-refractivity contribution is 5.63. The lowest BCUT2D eigenvalue weighted by molar-refractivity contribution is 0.395. The molecule has 2 aromatic heterocycles. The quantitative estimate of drug-likeness (QED) is 0.795. The summed E-state index contributed by atoms with van der Waals surface area (Å²) >= 11 is 0. The number of hydrogen-bond acceptors (Lipinski definition) is 4. The number of ether oxygens (including phenoxy) is 1. The summed E-state index contributed by atoms with van der Waals surface area (Å²) in [4.78, 5) is 4.04. The second-order valence-electron chi connectivity index (χ2n) is 4.77. The van der Waals surface area contributed by atoms with E-state index in [0.717, 1.165) is 11.4 Å². The molecule has 0 bridgehead atoms. The lowest BCUT2D eigenvalue weighted by Crippen LogP contribution is -2.22. The number of methoxy groups -OCH3 is 1. The Morgan fingerprint density at radius 1 is 1.29 bits per heavy atom. The summed E-state index contributed by atoms with van der Waals surface area (Å²) in [7, 11) is 1.62. The van der Waals surface area contributed by atoms with Crippen LogP contribution in [-0.4, -0.2) is 26.9 Å². The van der Waals surface area contributed by atoms with E-state index in [0.29, 0.717) is 5.75 Å². The fourth-order valence-corrected chi connectivity index (χ4v) is 1.64. The van der Waals surface area contributed by atoms with Crippen LogP contribution in [0.3, 0.4) is 0 Å². The smallest absolute Gasteiger partial charge is 0.168 e. The summed E-state index contributed by atoms with van der Waals surface area (Å²) in [5.41, 5.74) is 0.822. The van der Waals surface area contributed by atoms with E-state index in [1.54, 1.807) is 25.8 Å². The minimum atomic E-state index is -0.0763. The van der Waals surface area contributed by atoms with Gasteiger partial charge in [0, 0.05) is 11.7 Å². The Morgan fingerprint density at radius 2 is 2.06 bits per heavy atom. The van der Waals surface area contributed by atoms with Gasteiger partial charge in [0.1, 0.15) is 12.1 Å². The SMILES string of the molecule is COc1cnccc1-c1nncn1C(C)(C)C. The number of aromatic nitrogens is 4. The lowest BCUT2D eigenvalue weighted by Gasteiger charge is -2.22. The van der Waals surface area contributed by atoms with Crippen molar-refractivity contribution in [3.05, 3.63) is 24.8 Å². The van der Waals surface area contributed by atoms with Crippen molar-refractivity contribution in [1.82, 2.24) is 19.7 Å². The third kappa shape index (κ3) is 2.13. The fourth-order valence-electron chi connectivity index (χ4n) is 1.64. The zero-order valence-corrected chi connectivity index (χ0v) is 10.5. The molecule has 0 saturated carbocycles. The molecule has 2 heterocycles. The minimum absolute atomic E-state index is 0.0763. The topological polar surface area (TPSA) is 52.8 Å². The third-order valence-corrected chi connectivity index (χ3v) is 2.52. The second kappa shape index (κ2) is 4.16. The summed E-state index contributed by atoms with van der Waals surface area (Å²) in [6.45, 7) is 6.31. The lowest BCUT2D eigenvalue weighted by atomic mass is 10.1. The second-order valence-corrected chi connectivity index (χ2v) is 4.77. The van der Waals surface area contributed by atoms with E-state index in [-0.39, 0.29) is 5.54 Å². The van der Waals surface area contributed by atoms with Crippen LogP contribution in [-0.2, 0) is 5.54 Å². The summed E-state index contributed by atoms with van der Waals surface area (Å²) in [5, 5.41) is 8.14. The molecule has 2 rings (SSSR count). The molecule has 5 nitrogen and oxygen atoms in total. The van der Waals surface area contributed by atoms with Gasteiger partial charge in [-0.05, 0) is 26.8 Å². The Hall–Kier alpha value is -1.91. The van der Waals surface area contributed by atoms with Gasteiger partial charge >= 0.3 is 0 Å². The number of hydrogen-bond donors (Lipinski definition) is 0. The van der Waals surface area contributed by atoms with Crippen LogP contribution < -0.4 is 4.74 Å². The van der Waals surface area contributed by atoms with Gasteiger partial charge in [0.2, 0.25) is 0 Å². The van der Waals surface area contributed by atoms with Crippen molar-refractivity contribution in [2.45, 2.75) is 26.3 Å². The predicted molar refractivity (Wildman–Crippen MR) is 64.8 cm³/mol. The predicted octanol–water partition coefficient (Wildman–Crippen LogP) is 2.10. The van der Waals surface area contributed by atoms with Crippen LogP contribution in [0.1, 0.15) is 20.8 Å². The van der Waals surface area contributed by atoms with Crippen LogP contribution in [0.4, 0.5) is 0 Å². The maximum Gasteiger partial charge on any atom is 0.168 e. The van der Waals surface area contributed by atoms with Crippen LogP contribution in [0.15, 0.2) is 24.8 Å². The van der Waals surface area contributed by atoms with Crippen LogP contribution >= 0.6 is 0 Å². The highest BCUT2D eigenvalue weighted by atomic mass is 16.5. The first-order chi connectivity index (χ1) is 8.04. The van der Waals surface area contributed by atoms with Gasteiger partial charge in [0.25, 0.3) is 0 Å². The number of nitrogens with zero attached hydrogens (tertiary/aromatic N) is 4. The molecule has 0 atom stereocenters. The van der Waals surface area contributed by atoms with E-state index in [1.807, 2.05) is 10.6 Å². The van der Waals surface area contributed by atoms with Crippen molar-refractivity contribution in [3.63, 3.8) is 0 Å². The Morgan fingerprint density at radius 3 is 2.71 bits per heavy atom. The van der Waals surface area contributed by atoms with E-state index in [2.05, 4.69) is 36.0 Å². The maximum atomic E-state index is 5.29. The van der Waals surface area contributed by atoms with Crippen molar-refractivity contribution < 1.29 is 4.74 Å². The molecular formula is C12H16N4O. The van der Waals surface area contributed by atoms with Crippen LogP contribution in [0.5, 0.6) is 5.75 Å². The highest BCUT2D eigenvalue weighted by Crippen LogP contribution is 2.29. The van der Waals surface area contributed by atoms with E-state index < -0.39 is 0 Å². The first-order valence-corrected chi connectivity index (χ1v) is 5.43. The Bertz CT molecular complexity index is 513. The monoisotopic (exact) mass is 232 g/mol. The summed E-state index contributed by atoms with van der Waals surface area (Å²) in [5.74, 6) is 1.49. The molecule has 0 aliphatic heterocycles. The van der Waals surface area contributed by atoms with Crippen molar-refractivity contribution in [3.8, 4) is 17.1 Å². The molecule has 90 valence electrons. The number of rotatable bonds is 2. The molecule has 2 aromatic rings. The molecule has 0 unspecified atom stereocenters. The molecule has 0 fully saturated rings. The Balaban J connectivity index is 2.58. The molecular weight excluding hydrogens is 216 g/mol. The molecule has 0 radical (unpaired) electrons.